The Morgan fingerprint density at radius 1 is 1.05 bits per heavy atom. The Hall–Kier alpha value is -1.97. The van der Waals surface area contributed by atoms with Crippen molar-refractivity contribution in [3.8, 4) is 11.4 Å². The van der Waals surface area contributed by atoms with Gasteiger partial charge < -0.3 is 5.32 Å². The van der Waals surface area contributed by atoms with Crippen LogP contribution in [0.4, 0.5) is 5.82 Å². The standard InChI is InChI=1S/C15H20N4/c1-3-5-13-11-14(17-8-4-2)19-15(18-13)12-6-9-16-10-7-12/h6-7,9-11H,3-5,8H2,1-2H3,(H,17,18,19). The first-order valence-electron chi connectivity index (χ1n) is 6.85. The predicted octanol–water partition coefficient (Wildman–Crippen LogP) is 3.31. The van der Waals surface area contributed by atoms with Gasteiger partial charge in [-0.15, -0.1) is 0 Å². The number of pyridine rings is 1. The molecule has 0 unspecified atom stereocenters. The van der Waals surface area contributed by atoms with Gasteiger partial charge in [-0.2, -0.15) is 0 Å². The van der Waals surface area contributed by atoms with Gasteiger partial charge in [-0.05, 0) is 25.0 Å². The van der Waals surface area contributed by atoms with Gasteiger partial charge in [0.25, 0.3) is 0 Å². The second-order valence-electron chi connectivity index (χ2n) is 4.48. The molecule has 4 heteroatoms. The fourth-order valence-corrected chi connectivity index (χ4v) is 1.86. The molecule has 2 heterocycles. The van der Waals surface area contributed by atoms with Gasteiger partial charge in [-0.3, -0.25) is 4.98 Å². The first-order valence-corrected chi connectivity index (χ1v) is 6.85. The Bertz CT molecular complexity index is 511. The van der Waals surface area contributed by atoms with Crippen molar-refractivity contribution in [2.45, 2.75) is 33.1 Å². The summed E-state index contributed by atoms with van der Waals surface area (Å²) in [6.07, 6.45) is 6.67. The fourth-order valence-electron chi connectivity index (χ4n) is 1.86. The maximum Gasteiger partial charge on any atom is 0.161 e. The maximum absolute atomic E-state index is 4.62. The Kier molecular flexibility index (Phi) is 4.84. The second kappa shape index (κ2) is 6.83. The summed E-state index contributed by atoms with van der Waals surface area (Å²) in [5.41, 5.74) is 2.09. The Balaban J connectivity index is 2.33. The Morgan fingerprint density at radius 2 is 1.84 bits per heavy atom. The lowest BCUT2D eigenvalue weighted by Crippen LogP contribution is -2.05. The van der Waals surface area contributed by atoms with E-state index in [9.17, 15) is 0 Å². The van der Waals surface area contributed by atoms with Gasteiger partial charge in [0.1, 0.15) is 5.82 Å². The summed E-state index contributed by atoms with van der Waals surface area (Å²) in [6.45, 7) is 5.23. The van der Waals surface area contributed by atoms with Crippen LogP contribution in [0, 0.1) is 0 Å². The van der Waals surface area contributed by atoms with E-state index in [2.05, 4.69) is 34.1 Å². The van der Waals surface area contributed by atoms with Crippen molar-refractivity contribution in [3.63, 3.8) is 0 Å². The number of hydrogen-bond donors (Lipinski definition) is 1. The van der Waals surface area contributed by atoms with Gasteiger partial charge in [0.05, 0.1) is 0 Å². The van der Waals surface area contributed by atoms with E-state index < -0.39 is 0 Å². The molecule has 2 aromatic rings. The summed E-state index contributed by atoms with van der Waals surface area (Å²) in [6, 6.07) is 5.92. The number of anilines is 1. The zero-order chi connectivity index (χ0) is 13.5. The van der Waals surface area contributed by atoms with E-state index in [1.165, 1.54) is 0 Å². The Labute approximate surface area is 114 Å². The molecule has 0 saturated carbocycles. The zero-order valence-electron chi connectivity index (χ0n) is 11.6. The van der Waals surface area contributed by atoms with Crippen LogP contribution >= 0.6 is 0 Å². The van der Waals surface area contributed by atoms with Gasteiger partial charge >= 0.3 is 0 Å². The van der Waals surface area contributed by atoms with Crippen LogP contribution in [0.5, 0.6) is 0 Å². The SMILES string of the molecule is CCCNc1cc(CCC)nc(-c2ccncc2)n1. The minimum atomic E-state index is 0.770. The van der Waals surface area contributed by atoms with Crippen molar-refractivity contribution >= 4 is 5.82 Å². The summed E-state index contributed by atoms with van der Waals surface area (Å²) in [5.74, 6) is 1.68. The highest BCUT2D eigenvalue weighted by atomic mass is 15.0. The molecule has 19 heavy (non-hydrogen) atoms. The predicted molar refractivity (Wildman–Crippen MR) is 78.0 cm³/mol. The van der Waals surface area contributed by atoms with Gasteiger partial charge in [0, 0.05) is 36.3 Å². The highest BCUT2D eigenvalue weighted by Crippen LogP contribution is 2.18. The molecule has 0 saturated heterocycles. The number of hydrogen-bond acceptors (Lipinski definition) is 4. The third-order valence-electron chi connectivity index (χ3n) is 2.78. The lowest BCUT2D eigenvalue weighted by atomic mass is 10.2. The van der Waals surface area contributed by atoms with E-state index in [-0.39, 0.29) is 0 Å². The molecular formula is C15H20N4. The molecule has 0 spiro atoms. The van der Waals surface area contributed by atoms with E-state index in [1.807, 2.05) is 18.2 Å². The average molecular weight is 256 g/mol. The smallest absolute Gasteiger partial charge is 0.161 e. The van der Waals surface area contributed by atoms with Gasteiger partial charge in [0.2, 0.25) is 0 Å². The first-order chi connectivity index (χ1) is 9.33. The van der Waals surface area contributed by atoms with Gasteiger partial charge in [-0.1, -0.05) is 20.3 Å². The minimum Gasteiger partial charge on any atom is -0.370 e. The molecule has 4 nitrogen and oxygen atoms in total. The van der Waals surface area contributed by atoms with E-state index in [0.717, 1.165) is 48.7 Å². The number of aromatic nitrogens is 3. The quantitative estimate of drug-likeness (QED) is 0.861. The van der Waals surface area contributed by atoms with Crippen molar-refractivity contribution in [2.24, 2.45) is 0 Å². The molecule has 100 valence electrons. The fraction of sp³-hybridized carbons (Fsp3) is 0.400. The molecule has 0 aliphatic heterocycles. The number of rotatable bonds is 6. The normalized spacial score (nSPS) is 10.4. The van der Waals surface area contributed by atoms with E-state index >= 15 is 0 Å². The zero-order valence-corrected chi connectivity index (χ0v) is 11.6. The molecule has 0 aliphatic carbocycles. The summed E-state index contributed by atoms with van der Waals surface area (Å²) in [7, 11) is 0. The van der Waals surface area contributed by atoms with Crippen molar-refractivity contribution in [1.29, 1.82) is 0 Å². The number of nitrogens with zero attached hydrogens (tertiary/aromatic N) is 3. The summed E-state index contributed by atoms with van der Waals surface area (Å²) in [4.78, 5) is 13.2. The molecule has 0 aromatic carbocycles. The molecular weight excluding hydrogens is 236 g/mol. The highest BCUT2D eigenvalue weighted by molar-refractivity contribution is 5.56. The molecule has 2 rings (SSSR count). The maximum atomic E-state index is 4.62. The van der Waals surface area contributed by atoms with Gasteiger partial charge in [0.15, 0.2) is 5.82 Å². The minimum absolute atomic E-state index is 0.770. The van der Waals surface area contributed by atoms with Crippen molar-refractivity contribution in [2.75, 3.05) is 11.9 Å². The van der Waals surface area contributed by atoms with Crippen LogP contribution in [0.25, 0.3) is 11.4 Å². The molecule has 2 aromatic heterocycles. The molecule has 0 atom stereocenters. The van der Waals surface area contributed by atoms with E-state index in [1.54, 1.807) is 12.4 Å². The van der Waals surface area contributed by atoms with Crippen LogP contribution < -0.4 is 5.32 Å². The molecule has 0 fully saturated rings. The molecule has 1 N–H and O–H groups in total. The molecule has 0 radical (unpaired) electrons. The van der Waals surface area contributed by atoms with E-state index in [4.69, 9.17) is 0 Å². The second-order valence-corrected chi connectivity index (χ2v) is 4.48. The van der Waals surface area contributed by atoms with Crippen LogP contribution in [-0.4, -0.2) is 21.5 Å². The van der Waals surface area contributed by atoms with Crippen LogP contribution in [0.3, 0.4) is 0 Å². The van der Waals surface area contributed by atoms with Gasteiger partial charge in [-0.25, -0.2) is 9.97 Å². The summed E-state index contributed by atoms with van der Waals surface area (Å²) in [5, 5.41) is 3.34. The van der Waals surface area contributed by atoms with Crippen LogP contribution in [0.15, 0.2) is 30.6 Å². The topological polar surface area (TPSA) is 50.7 Å². The van der Waals surface area contributed by atoms with E-state index in [0.29, 0.717) is 0 Å². The van der Waals surface area contributed by atoms with Crippen molar-refractivity contribution in [1.82, 2.24) is 15.0 Å². The average Bonchev–Trinajstić information content (AvgIpc) is 2.46. The number of nitrogens with one attached hydrogen (secondary N) is 1. The highest BCUT2D eigenvalue weighted by Gasteiger charge is 2.06. The van der Waals surface area contributed by atoms with Crippen molar-refractivity contribution < 1.29 is 0 Å². The lowest BCUT2D eigenvalue weighted by molar-refractivity contribution is 0.872. The Morgan fingerprint density at radius 3 is 2.53 bits per heavy atom. The third-order valence-corrected chi connectivity index (χ3v) is 2.78. The van der Waals surface area contributed by atoms with Crippen molar-refractivity contribution in [3.05, 3.63) is 36.3 Å². The first kappa shape index (κ1) is 13.5. The summed E-state index contributed by atoms with van der Waals surface area (Å²) >= 11 is 0. The monoisotopic (exact) mass is 256 g/mol. The van der Waals surface area contributed by atoms with Crippen LogP contribution in [0.1, 0.15) is 32.4 Å². The largest absolute Gasteiger partial charge is 0.370 e. The number of aryl methyl sites for hydroxylation is 1. The molecule has 0 amide bonds. The van der Waals surface area contributed by atoms with Crippen LogP contribution in [0.2, 0.25) is 0 Å². The third kappa shape index (κ3) is 3.74. The summed E-state index contributed by atoms with van der Waals surface area (Å²) < 4.78 is 0. The van der Waals surface area contributed by atoms with Crippen LogP contribution in [-0.2, 0) is 6.42 Å². The molecule has 0 bridgehead atoms. The lowest BCUT2D eigenvalue weighted by Gasteiger charge is -2.09. The molecule has 0 aliphatic rings.